The smallest absolute Gasteiger partial charge is 0.288 e. The number of rotatable bonds is 7. The zero-order valence-electron chi connectivity index (χ0n) is 18.0. The predicted octanol–water partition coefficient (Wildman–Crippen LogP) is 6.97. The molecule has 0 atom stereocenters. The van der Waals surface area contributed by atoms with E-state index < -0.39 is 0 Å². The molecule has 160 valence electrons. The van der Waals surface area contributed by atoms with E-state index in [1.165, 1.54) is 6.42 Å². The van der Waals surface area contributed by atoms with Crippen LogP contribution in [0.25, 0.3) is 0 Å². The Kier molecular flexibility index (Phi) is 8.38. The Morgan fingerprint density at radius 3 is 2.37 bits per heavy atom. The van der Waals surface area contributed by atoms with E-state index in [1.807, 2.05) is 59.5 Å². The third-order valence-corrected chi connectivity index (χ3v) is 6.38. The van der Waals surface area contributed by atoms with Crippen LogP contribution in [-0.2, 0) is 4.79 Å². The number of para-hydroxylation sites is 2. The van der Waals surface area contributed by atoms with Crippen LogP contribution in [0.3, 0.4) is 0 Å². The highest BCUT2D eigenvalue weighted by Gasteiger charge is 2.28. The molecule has 0 aromatic heterocycles. The van der Waals surface area contributed by atoms with Gasteiger partial charge in [-0.05, 0) is 61.2 Å². The summed E-state index contributed by atoms with van der Waals surface area (Å²) < 4.78 is 0. The molecule has 0 unspecified atom stereocenters. The molecule has 3 rings (SSSR count). The summed E-state index contributed by atoms with van der Waals surface area (Å²) in [5, 5.41) is 2.77. The summed E-state index contributed by atoms with van der Waals surface area (Å²) in [6.07, 6.45) is 6.37. The molecule has 0 spiro atoms. The van der Waals surface area contributed by atoms with Gasteiger partial charge in [0.15, 0.2) is 0 Å². The highest BCUT2D eigenvalue weighted by molar-refractivity contribution is 8.14. The first-order valence-electron chi connectivity index (χ1n) is 11.0. The number of hydrogen-bond acceptors (Lipinski definition) is 3. The van der Waals surface area contributed by atoms with E-state index in [0.29, 0.717) is 12.5 Å². The van der Waals surface area contributed by atoms with Crippen LogP contribution >= 0.6 is 11.8 Å². The maximum absolute atomic E-state index is 13.5. The van der Waals surface area contributed by atoms with Crippen molar-refractivity contribution in [2.24, 2.45) is 11.8 Å². The monoisotopic (exact) mass is 424 g/mol. The summed E-state index contributed by atoms with van der Waals surface area (Å²) in [5.74, 6) is 0.821. The van der Waals surface area contributed by atoms with Crippen molar-refractivity contribution in [2.75, 3.05) is 16.8 Å². The summed E-state index contributed by atoms with van der Waals surface area (Å²) in [5.41, 5.74) is 1.62. The number of thioether (sulfide) groups is 1. The van der Waals surface area contributed by atoms with Crippen molar-refractivity contribution < 1.29 is 9.59 Å². The summed E-state index contributed by atoms with van der Waals surface area (Å²) in [4.78, 5) is 28.9. The Morgan fingerprint density at radius 2 is 1.67 bits per heavy atom. The molecule has 1 aliphatic carbocycles. The van der Waals surface area contributed by atoms with E-state index in [9.17, 15) is 9.59 Å². The first-order valence-corrected chi connectivity index (χ1v) is 11.8. The number of nitrogens with zero attached hydrogens (tertiary/aromatic N) is 1. The van der Waals surface area contributed by atoms with Crippen LogP contribution in [0.15, 0.2) is 59.5 Å². The molecule has 2 amide bonds. The topological polar surface area (TPSA) is 49.4 Å². The minimum atomic E-state index is -0.150. The Hall–Kier alpha value is -2.27. The summed E-state index contributed by atoms with van der Waals surface area (Å²) >= 11 is 1.15. The van der Waals surface area contributed by atoms with Gasteiger partial charge in [0.05, 0.1) is 5.69 Å². The molecule has 1 saturated carbocycles. The molecule has 0 saturated heterocycles. The Balaban J connectivity index is 1.80. The minimum Gasteiger partial charge on any atom is -0.317 e. The standard InChI is InChI=1S/C25H32N2O2S/c1-19(2)17-18-27(24(28)20-11-5-3-6-12-20)22-15-9-10-16-23(22)30-25(29)26-21-13-7-4-8-14-21/h4,7-10,13-16,19-20H,3,5-6,11-12,17-18H2,1-2H3,(H,26,29). The molecular formula is C25H32N2O2S. The second kappa shape index (κ2) is 11.2. The lowest BCUT2D eigenvalue weighted by molar-refractivity contribution is -0.123. The number of anilines is 2. The molecule has 0 radical (unpaired) electrons. The highest BCUT2D eigenvalue weighted by Crippen LogP contribution is 2.34. The minimum absolute atomic E-state index is 0.0992. The number of carbonyl (C=O) groups is 2. The summed E-state index contributed by atoms with van der Waals surface area (Å²) in [6, 6.07) is 17.2. The van der Waals surface area contributed by atoms with Crippen LogP contribution in [0.5, 0.6) is 0 Å². The molecule has 0 bridgehead atoms. The number of amides is 2. The van der Waals surface area contributed by atoms with Crippen molar-refractivity contribution in [3.63, 3.8) is 0 Å². The number of benzene rings is 2. The van der Waals surface area contributed by atoms with E-state index in [-0.39, 0.29) is 17.1 Å². The average Bonchev–Trinajstić information content (AvgIpc) is 2.76. The van der Waals surface area contributed by atoms with Gasteiger partial charge in [0.1, 0.15) is 0 Å². The maximum Gasteiger partial charge on any atom is 0.288 e. The van der Waals surface area contributed by atoms with Crippen molar-refractivity contribution in [3.05, 3.63) is 54.6 Å². The molecule has 0 aliphatic heterocycles. The second-order valence-corrected chi connectivity index (χ2v) is 9.37. The number of carbonyl (C=O) groups excluding carboxylic acids is 2. The number of nitrogens with one attached hydrogen (secondary N) is 1. The molecule has 5 heteroatoms. The van der Waals surface area contributed by atoms with Gasteiger partial charge in [-0.15, -0.1) is 0 Å². The van der Waals surface area contributed by atoms with Gasteiger partial charge in [-0.25, -0.2) is 0 Å². The second-order valence-electron chi connectivity index (χ2n) is 8.36. The molecule has 1 aliphatic rings. The van der Waals surface area contributed by atoms with Crippen molar-refractivity contribution in [2.45, 2.75) is 57.3 Å². The zero-order valence-corrected chi connectivity index (χ0v) is 18.8. The predicted molar refractivity (Wildman–Crippen MR) is 126 cm³/mol. The fraction of sp³-hybridized carbons (Fsp3) is 0.440. The number of hydrogen-bond donors (Lipinski definition) is 1. The maximum atomic E-state index is 13.5. The lowest BCUT2D eigenvalue weighted by Gasteiger charge is -2.31. The van der Waals surface area contributed by atoms with E-state index in [2.05, 4.69) is 19.2 Å². The molecule has 30 heavy (non-hydrogen) atoms. The average molecular weight is 425 g/mol. The van der Waals surface area contributed by atoms with Gasteiger partial charge in [0.25, 0.3) is 5.24 Å². The van der Waals surface area contributed by atoms with Crippen LogP contribution in [0.2, 0.25) is 0 Å². The first kappa shape index (κ1) is 22.4. The van der Waals surface area contributed by atoms with E-state index in [4.69, 9.17) is 0 Å². The molecular weight excluding hydrogens is 392 g/mol. The van der Waals surface area contributed by atoms with Crippen LogP contribution < -0.4 is 10.2 Å². The first-order chi connectivity index (χ1) is 14.5. The van der Waals surface area contributed by atoms with Crippen LogP contribution in [-0.4, -0.2) is 17.7 Å². The Bertz CT molecular complexity index is 832. The van der Waals surface area contributed by atoms with Gasteiger partial charge in [0, 0.05) is 23.0 Å². The third-order valence-electron chi connectivity index (χ3n) is 5.53. The lowest BCUT2D eigenvalue weighted by Crippen LogP contribution is -2.38. The van der Waals surface area contributed by atoms with Crippen molar-refractivity contribution in [1.29, 1.82) is 0 Å². The van der Waals surface area contributed by atoms with Crippen LogP contribution in [0.1, 0.15) is 52.4 Å². The van der Waals surface area contributed by atoms with Gasteiger partial charge < -0.3 is 10.2 Å². The van der Waals surface area contributed by atoms with Gasteiger partial charge >= 0.3 is 0 Å². The van der Waals surface area contributed by atoms with Crippen molar-refractivity contribution >= 4 is 34.3 Å². The SMILES string of the molecule is CC(C)CCN(C(=O)C1CCCCC1)c1ccccc1SC(=O)Nc1ccccc1. The van der Waals surface area contributed by atoms with Crippen molar-refractivity contribution in [3.8, 4) is 0 Å². The van der Waals surface area contributed by atoms with Gasteiger partial charge in [-0.2, -0.15) is 0 Å². The van der Waals surface area contributed by atoms with Gasteiger partial charge in [-0.1, -0.05) is 63.4 Å². The largest absolute Gasteiger partial charge is 0.317 e. The van der Waals surface area contributed by atoms with Gasteiger partial charge in [-0.3, -0.25) is 9.59 Å². The Morgan fingerprint density at radius 1 is 1.00 bits per heavy atom. The normalized spacial score (nSPS) is 14.5. The van der Waals surface area contributed by atoms with Gasteiger partial charge in [0.2, 0.25) is 5.91 Å². The quantitative estimate of drug-likeness (QED) is 0.488. The van der Waals surface area contributed by atoms with E-state index in [1.54, 1.807) is 0 Å². The summed E-state index contributed by atoms with van der Waals surface area (Å²) in [6.45, 7) is 5.04. The highest BCUT2D eigenvalue weighted by atomic mass is 32.2. The molecule has 1 fully saturated rings. The van der Waals surface area contributed by atoms with Crippen LogP contribution in [0.4, 0.5) is 16.2 Å². The molecule has 1 N–H and O–H groups in total. The zero-order chi connectivity index (χ0) is 21.3. The summed E-state index contributed by atoms with van der Waals surface area (Å²) in [7, 11) is 0. The Labute approximate surface area is 184 Å². The van der Waals surface area contributed by atoms with E-state index in [0.717, 1.165) is 60.1 Å². The lowest BCUT2D eigenvalue weighted by atomic mass is 9.88. The van der Waals surface area contributed by atoms with Crippen molar-refractivity contribution in [1.82, 2.24) is 0 Å². The molecule has 4 nitrogen and oxygen atoms in total. The molecule has 2 aromatic rings. The molecule has 2 aromatic carbocycles. The van der Waals surface area contributed by atoms with E-state index >= 15 is 0 Å². The fourth-order valence-corrected chi connectivity index (χ4v) is 4.64. The fourth-order valence-electron chi connectivity index (χ4n) is 3.84. The third kappa shape index (κ3) is 6.36. The molecule has 0 heterocycles. The van der Waals surface area contributed by atoms with Crippen LogP contribution in [0, 0.1) is 11.8 Å².